The summed E-state index contributed by atoms with van der Waals surface area (Å²) in [7, 11) is 3.77. The van der Waals surface area contributed by atoms with Crippen LogP contribution in [0.4, 0.5) is 0 Å². The van der Waals surface area contributed by atoms with E-state index >= 15 is 0 Å². The van der Waals surface area contributed by atoms with Crippen molar-refractivity contribution in [2.45, 2.75) is 12.1 Å². The van der Waals surface area contributed by atoms with Gasteiger partial charge >= 0.3 is 0 Å². The van der Waals surface area contributed by atoms with Crippen LogP contribution < -0.4 is 5.32 Å². The number of rotatable bonds is 4. The van der Waals surface area contributed by atoms with Crippen molar-refractivity contribution in [2.75, 3.05) is 27.2 Å². The largest absolute Gasteiger partial charge is 0.350 e. The van der Waals surface area contributed by atoms with Gasteiger partial charge in [0.15, 0.2) is 0 Å². The number of carbonyl (C=O) groups is 2. The first-order chi connectivity index (χ1) is 11.6. The number of likely N-dealkylation sites (N-methyl/N-ethyl adjacent to an activating group) is 2. The summed E-state index contributed by atoms with van der Waals surface area (Å²) < 4.78 is 0. The van der Waals surface area contributed by atoms with Crippen molar-refractivity contribution in [1.82, 2.24) is 15.1 Å². The molecule has 1 aliphatic rings. The summed E-state index contributed by atoms with van der Waals surface area (Å²) in [6.07, 6.45) is 0. The van der Waals surface area contributed by atoms with Gasteiger partial charge in [0.25, 0.3) is 5.91 Å². The molecule has 1 aromatic heterocycles. The van der Waals surface area contributed by atoms with E-state index < -0.39 is 0 Å². The molecule has 1 N–H and O–H groups in total. The average molecular weight is 343 g/mol. The predicted molar refractivity (Wildman–Crippen MR) is 95.0 cm³/mol. The number of thiophene rings is 1. The van der Waals surface area contributed by atoms with Crippen molar-refractivity contribution >= 4 is 23.2 Å². The fourth-order valence-electron chi connectivity index (χ4n) is 3.06. The maximum atomic E-state index is 12.6. The third-order valence-electron chi connectivity index (χ3n) is 4.44. The summed E-state index contributed by atoms with van der Waals surface area (Å²) in [5.74, 6) is 0.0266. The molecule has 0 bridgehead atoms. The number of benzene rings is 1. The van der Waals surface area contributed by atoms with Crippen molar-refractivity contribution in [3.8, 4) is 0 Å². The molecule has 2 atom stereocenters. The van der Waals surface area contributed by atoms with Crippen LogP contribution in [0.25, 0.3) is 0 Å². The molecule has 1 fully saturated rings. The number of hydrogen-bond acceptors (Lipinski definition) is 4. The summed E-state index contributed by atoms with van der Waals surface area (Å²) in [4.78, 5) is 29.3. The number of carbonyl (C=O) groups excluding carboxylic acids is 2. The zero-order valence-corrected chi connectivity index (χ0v) is 14.6. The highest BCUT2D eigenvalue weighted by atomic mass is 32.1. The van der Waals surface area contributed by atoms with Gasteiger partial charge in [0.2, 0.25) is 5.91 Å². The molecule has 2 heterocycles. The van der Waals surface area contributed by atoms with E-state index in [0.29, 0.717) is 18.0 Å². The van der Waals surface area contributed by atoms with Gasteiger partial charge in [0.1, 0.15) is 6.04 Å². The zero-order valence-electron chi connectivity index (χ0n) is 13.8. The molecule has 3 rings (SSSR count). The third kappa shape index (κ3) is 3.34. The molecule has 0 unspecified atom stereocenters. The predicted octanol–water partition coefficient (Wildman–Crippen LogP) is 1.99. The van der Waals surface area contributed by atoms with E-state index in [4.69, 9.17) is 0 Å². The van der Waals surface area contributed by atoms with Gasteiger partial charge in [-0.25, -0.2) is 0 Å². The van der Waals surface area contributed by atoms with Crippen LogP contribution in [0.1, 0.15) is 21.3 Å². The molecule has 5 nitrogen and oxygen atoms in total. The van der Waals surface area contributed by atoms with Crippen LogP contribution in [-0.2, 0) is 4.79 Å². The van der Waals surface area contributed by atoms with Crippen molar-refractivity contribution in [3.05, 3.63) is 58.3 Å². The first-order valence-electron chi connectivity index (χ1n) is 7.91. The SMILES string of the molecule is CN1C[C@@H](CNC(=O)c2cccs2)N(C)[C@@H](c2ccccc2)C1=O. The highest BCUT2D eigenvalue weighted by Gasteiger charge is 2.37. The third-order valence-corrected chi connectivity index (χ3v) is 5.31. The van der Waals surface area contributed by atoms with Crippen LogP contribution in [0.3, 0.4) is 0 Å². The molecule has 126 valence electrons. The molecule has 0 aliphatic carbocycles. The normalized spacial score (nSPS) is 21.8. The first kappa shape index (κ1) is 16.7. The van der Waals surface area contributed by atoms with Gasteiger partial charge in [-0.1, -0.05) is 36.4 Å². The van der Waals surface area contributed by atoms with E-state index in [2.05, 4.69) is 10.2 Å². The van der Waals surface area contributed by atoms with Gasteiger partial charge in [-0.2, -0.15) is 0 Å². The second-order valence-electron chi connectivity index (χ2n) is 6.04. The highest BCUT2D eigenvalue weighted by molar-refractivity contribution is 7.12. The highest BCUT2D eigenvalue weighted by Crippen LogP contribution is 2.27. The Balaban J connectivity index is 1.72. The molecule has 1 aromatic carbocycles. The van der Waals surface area contributed by atoms with E-state index in [1.165, 1.54) is 11.3 Å². The minimum atomic E-state index is -0.311. The van der Waals surface area contributed by atoms with Crippen molar-refractivity contribution in [1.29, 1.82) is 0 Å². The Bertz CT molecular complexity index is 702. The second kappa shape index (κ2) is 7.15. The molecule has 0 saturated carbocycles. The van der Waals surface area contributed by atoms with Gasteiger partial charge in [0, 0.05) is 26.2 Å². The average Bonchev–Trinajstić information content (AvgIpc) is 3.12. The molecule has 1 saturated heterocycles. The van der Waals surface area contributed by atoms with E-state index in [0.717, 1.165) is 5.56 Å². The van der Waals surface area contributed by atoms with Crippen LogP contribution in [-0.4, -0.2) is 54.8 Å². The number of hydrogen-bond donors (Lipinski definition) is 1. The van der Waals surface area contributed by atoms with Crippen LogP contribution in [0.2, 0.25) is 0 Å². The van der Waals surface area contributed by atoms with Crippen molar-refractivity contribution in [2.24, 2.45) is 0 Å². The maximum absolute atomic E-state index is 12.6. The molecular formula is C18H21N3O2S. The summed E-state index contributed by atoms with van der Waals surface area (Å²) in [6.45, 7) is 1.11. The molecule has 2 aromatic rings. The number of piperazine rings is 1. The number of nitrogens with one attached hydrogen (secondary N) is 1. The van der Waals surface area contributed by atoms with Gasteiger partial charge in [-0.15, -0.1) is 11.3 Å². The van der Waals surface area contributed by atoms with Crippen LogP contribution in [0, 0.1) is 0 Å². The Kier molecular flexibility index (Phi) is 4.97. The monoisotopic (exact) mass is 343 g/mol. The van der Waals surface area contributed by atoms with Crippen LogP contribution in [0.5, 0.6) is 0 Å². The Labute approximate surface area is 145 Å². The molecule has 1 aliphatic heterocycles. The fourth-order valence-corrected chi connectivity index (χ4v) is 3.70. The van der Waals surface area contributed by atoms with Crippen LogP contribution in [0.15, 0.2) is 47.8 Å². The Morgan fingerprint density at radius 1 is 1.21 bits per heavy atom. The second-order valence-corrected chi connectivity index (χ2v) is 6.99. The first-order valence-corrected chi connectivity index (χ1v) is 8.79. The lowest BCUT2D eigenvalue weighted by Gasteiger charge is -2.43. The Hall–Kier alpha value is -2.18. The van der Waals surface area contributed by atoms with E-state index in [1.54, 1.807) is 4.90 Å². The summed E-state index contributed by atoms with van der Waals surface area (Å²) in [6, 6.07) is 13.2. The van der Waals surface area contributed by atoms with Gasteiger partial charge in [-0.05, 0) is 24.1 Å². The zero-order chi connectivity index (χ0) is 17.1. The van der Waals surface area contributed by atoms with E-state index in [9.17, 15) is 9.59 Å². The van der Waals surface area contributed by atoms with E-state index in [-0.39, 0.29) is 23.9 Å². The maximum Gasteiger partial charge on any atom is 0.261 e. The fraction of sp³-hybridized carbons (Fsp3) is 0.333. The lowest BCUT2D eigenvalue weighted by atomic mass is 9.99. The quantitative estimate of drug-likeness (QED) is 0.924. The summed E-state index contributed by atoms with van der Waals surface area (Å²) in [5, 5.41) is 4.87. The Morgan fingerprint density at radius 2 is 1.96 bits per heavy atom. The minimum absolute atomic E-state index is 0.0609. The van der Waals surface area contributed by atoms with Gasteiger partial charge < -0.3 is 10.2 Å². The number of nitrogens with zero attached hydrogens (tertiary/aromatic N) is 2. The lowest BCUT2D eigenvalue weighted by Crippen LogP contribution is -2.58. The molecule has 0 radical (unpaired) electrons. The molecule has 0 spiro atoms. The smallest absolute Gasteiger partial charge is 0.261 e. The van der Waals surface area contributed by atoms with Crippen LogP contribution >= 0.6 is 11.3 Å². The van der Waals surface area contributed by atoms with E-state index in [1.807, 2.05) is 61.9 Å². The number of amides is 2. The summed E-state index contributed by atoms with van der Waals surface area (Å²) in [5.41, 5.74) is 0.978. The molecule has 24 heavy (non-hydrogen) atoms. The summed E-state index contributed by atoms with van der Waals surface area (Å²) >= 11 is 1.43. The molecule has 6 heteroatoms. The Morgan fingerprint density at radius 3 is 2.62 bits per heavy atom. The lowest BCUT2D eigenvalue weighted by molar-refractivity contribution is -0.142. The van der Waals surface area contributed by atoms with Gasteiger partial charge in [-0.3, -0.25) is 14.5 Å². The van der Waals surface area contributed by atoms with Crippen molar-refractivity contribution in [3.63, 3.8) is 0 Å². The molecule has 2 amide bonds. The molecular weight excluding hydrogens is 322 g/mol. The topological polar surface area (TPSA) is 52.7 Å². The minimum Gasteiger partial charge on any atom is -0.350 e. The van der Waals surface area contributed by atoms with Crippen molar-refractivity contribution < 1.29 is 9.59 Å². The standard InChI is InChI=1S/C18H21N3O2S/c1-20-12-14(11-19-17(22)15-9-6-10-24-15)21(2)16(18(20)23)13-7-4-3-5-8-13/h3-10,14,16H,11-12H2,1-2H3,(H,19,22)/t14-,16+/m1/s1. The van der Waals surface area contributed by atoms with Gasteiger partial charge in [0.05, 0.1) is 4.88 Å².